The van der Waals surface area contributed by atoms with E-state index in [2.05, 4.69) is 25.5 Å². The summed E-state index contributed by atoms with van der Waals surface area (Å²) < 4.78 is 28.9. The van der Waals surface area contributed by atoms with E-state index in [4.69, 9.17) is 4.74 Å². The van der Waals surface area contributed by atoms with Gasteiger partial charge < -0.3 is 10.1 Å². The third-order valence-electron chi connectivity index (χ3n) is 4.53. The highest BCUT2D eigenvalue weighted by molar-refractivity contribution is 7.89. The molecule has 0 atom stereocenters. The van der Waals surface area contributed by atoms with E-state index in [1.165, 1.54) is 18.4 Å². The quantitative estimate of drug-likeness (QED) is 0.455. The maximum Gasteiger partial charge on any atom is 0.275 e. The first-order valence-corrected chi connectivity index (χ1v) is 12.1. The molecular weight excluding hydrogens is 438 g/mol. The number of rotatable bonds is 6. The van der Waals surface area contributed by atoms with Crippen molar-refractivity contribution in [3.8, 4) is 17.0 Å². The molecule has 1 amide bonds. The zero-order valence-electron chi connectivity index (χ0n) is 17.0. The minimum atomic E-state index is -3.29. The number of carbonyl (C=O) groups excluding carboxylic acids is 1. The molecule has 3 aromatic heterocycles. The molecule has 0 aliphatic carbocycles. The summed E-state index contributed by atoms with van der Waals surface area (Å²) in [7, 11) is -1.84. The number of hydrogen-bond donors (Lipinski definition) is 2. The summed E-state index contributed by atoms with van der Waals surface area (Å²) in [5.74, 6) is -0.269. The molecule has 0 bridgehead atoms. The van der Waals surface area contributed by atoms with Crippen molar-refractivity contribution in [3.63, 3.8) is 0 Å². The van der Waals surface area contributed by atoms with E-state index in [0.29, 0.717) is 28.0 Å². The number of benzene rings is 1. The van der Waals surface area contributed by atoms with E-state index in [1.54, 1.807) is 29.9 Å². The van der Waals surface area contributed by atoms with Crippen LogP contribution in [0, 0.1) is 6.92 Å². The molecule has 1 aromatic carbocycles. The van der Waals surface area contributed by atoms with Gasteiger partial charge in [-0.3, -0.25) is 9.89 Å². The summed E-state index contributed by atoms with van der Waals surface area (Å²) >= 11 is 1.40. The van der Waals surface area contributed by atoms with Crippen LogP contribution in [0.4, 0.5) is 5.69 Å². The number of aryl methyl sites for hydroxylation is 1. The Balaban J connectivity index is 1.77. The normalized spacial score (nSPS) is 11.6. The zero-order valence-corrected chi connectivity index (χ0v) is 18.6. The van der Waals surface area contributed by atoms with Crippen molar-refractivity contribution >= 4 is 43.7 Å². The summed E-state index contributed by atoms with van der Waals surface area (Å²) in [6.07, 6.45) is 4.38. The average molecular weight is 458 g/mol. The monoisotopic (exact) mass is 457 g/mol. The fourth-order valence-corrected chi connectivity index (χ4v) is 4.57. The van der Waals surface area contributed by atoms with Crippen molar-refractivity contribution < 1.29 is 17.9 Å². The maximum absolute atomic E-state index is 12.6. The molecule has 160 valence electrons. The van der Waals surface area contributed by atoms with Gasteiger partial charge in [-0.1, -0.05) is 0 Å². The van der Waals surface area contributed by atoms with Gasteiger partial charge in [-0.15, -0.1) is 11.3 Å². The highest BCUT2D eigenvalue weighted by atomic mass is 32.2. The fraction of sp³-hybridized carbons (Fsp3) is 0.200. The van der Waals surface area contributed by atoms with E-state index in [1.807, 2.05) is 13.0 Å². The van der Waals surface area contributed by atoms with Gasteiger partial charge in [0.25, 0.3) is 5.91 Å². The van der Waals surface area contributed by atoms with Gasteiger partial charge in [0.05, 0.1) is 35.3 Å². The number of pyridine rings is 1. The van der Waals surface area contributed by atoms with E-state index in [0.717, 1.165) is 22.2 Å². The number of aromatic amines is 1. The molecule has 0 radical (unpaired) electrons. The number of anilines is 1. The van der Waals surface area contributed by atoms with E-state index in [9.17, 15) is 13.2 Å². The second-order valence-electron chi connectivity index (χ2n) is 7.02. The molecular formula is C20H19N5O4S2. The molecule has 0 saturated carbocycles. The number of H-pyrrole nitrogens is 1. The number of thiazole rings is 1. The van der Waals surface area contributed by atoms with Crippen molar-refractivity contribution in [2.75, 3.05) is 18.7 Å². The third-order valence-corrected chi connectivity index (χ3v) is 6.14. The van der Waals surface area contributed by atoms with Gasteiger partial charge >= 0.3 is 0 Å². The van der Waals surface area contributed by atoms with Gasteiger partial charge in [0.2, 0.25) is 5.88 Å². The fourth-order valence-electron chi connectivity index (χ4n) is 3.20. The number of methoxy groups -OCH3 is 1. The topological polar surface area (TPSA) is 127 Å². The van der Waals surface area contributed by atoms with E-state index in [-0.39, 0.29) is 17.5 Å². The summed E-state index contributed by atoms with van der Waals surface area (Å²) in [5.41, 5.74) is 3.46. The number of nitrogens with one attached hydrogen (secondary N) is 2. The molecule has 0 aliphatic rings. The van der Waals surface area contributed by atoms with Crippen LogP contribution in [0.25, 0.3) is 22.0 Å². The molecule has 0 saturated heterocycles. The van der Waals surface area contributed by atoms with Crippen LogP contribution in [0.2, 0.25) is 0 Å². The molecule has 0 aliphatic heterocycles. The molecule has 4 rings (SSSR count). The highest BCUT2D eigenvalue weighted by Crippen LogP contribution is 2.32. The Hall–Kier alpha value is -3.31. The Bertz CT molecular complexity index is 1390. The number of fused-ring (bicyclic) bond motifs is 1. The van der Waals surface area contributed by atoms with Crippen molar-refractivity contribution in [2.45, 2.75) is 12.7 Å². The van der Waals surface area contributed by atoms with Gasteiger partial charge in [-0.05, 0) is 30.7 Å². The van der Waals surface area contributed by atoms with Crippen molar-refractivity contribution in [1.29, 1.82) is 0 Å². The highest BCUT2D eigenvalue weighted by Gasteiger charge is 2.16. The maximum atomic E-state index is 12.6. The van der Waals surface area contributed by atoms with Crippen molar-refractivity contribution in [2.24, 2.45) is 0 Å². The number of amides is 1. The Morgan fingerprint density at radius 2 is 2.03 bits per heavy atom. The number of aromatic nitrogens is 4. The number of nitrogens with zero attached hydrogens (tertiary/aromatic N) is 3. The van der Waals surface area contributed by atoms with Gasteiger partial charge in [0.15, 0.2) is 9.84 Å². The summed E-state index contributed by atoms with van der Waals surface area (Å²) in [6.45, 7) is 1.83. The summed E-state index contributed by atoms with van der Waals surface area (Å²) in [5, 5.41) is 13.1. The Labute approximate surface area is 182 Å². The average Bonchev–Trinajstić information content (AvgIpc) is 3.35. The molecule has 11 heteroatoms. The molecule has 0 fully saturated rings. The molecule has 3 heterocycles. The smallest absolute Gasteiger partial charge is 0.275 e. The second kappa shape index (κ2) is 8.08. The standard InChI is InChI=1S/C20H19N5O4S2/c1-11-23-18(9-30-11)19(26)24-16-5-12(6-17-15(16)8-22-25-17)13-4-14(10-31(3,27)28)20(29-2)21-7-13/h4-9H,10H2,1-3H3,(H,22,25)(H,24,26). The first-order chi connectivity index (χ1) is 14.7. The number of hydrogen-bond acceptors (Lipinski definition) is 8. The van der Waals surface area contributed by atoms with Gasteiger partial charge in [-0.25, -0.2) is 18.4 Å². The zero-order chi connectivity index (χ0) is 22.2. The Morgan fingerprint density at radius 3 is 2.71 bits per heavy atom. The Morgan fingerprint density at radius 1 is 1.23 bits per heavy atom. The SMILES string of the molecule is COc1ncc(-c2cc(NC(=O)c3csc(C)n3)c3cn[nH]c3c2)cc1CS(C)(=O)=O. The van der Waals surface area contributed by atoms with Crippen LogP contribution in [0.3, 0.4) is 0 Å². The van der Waals surface area contributed by atoms with Crippen LogP contribution in [-0.4, -0.2) is 47.9 Å². The van der Waals surface area contributed by atoms with Crippen molar-refractivity contribution in [3.05, 3.63) is 52.2 Å². The summed E-state index contributed by atoms with van der Waals surface area (Å²) in [6, 6.07) is 5.38. The predicted molar refractivity (Wildman–Crippen MR) is 119 cm³/mol. The van der Waals surface area contributed by atoms with Crippen LogP contribution in [0.5, 0.6) is 5.88 Å². The van der Waals surface area contributed by atoms with E-state index < -0.39 is 9.84 Å². The van der Waals surface area contributed by atoms with Crippen LogP contribution in [-0.2, 0) is 15.6 Å². The molecule has 9 nitrogen and oxygen atoms in total. The molecule has 0 spiro atoms. The van der Waals surface area contributed by atoms with Gasteiger partial charge in [0.1, 0.15) is 5.69 Å². The minimum Gasteiger partial charge on any atom is -0.481 e. The third kappa shape index (κ3) is 4.57. The lowest BCUT2D eigenvalue weighted by atomic mass is 10.0. The molecule has 0 unspecified atom stereocenters. The number of carbonyl (C=O) groups is 1. The number of sulfone groups is 1. The second-order valence-corrected chi connectivity index (χ2v) is 10.2. The Kier molecular flexibility index (Phi) is 5.46. The largest absolute Gasteiger partial charge is 0.481 e. The predicted octanol–water partition coefficient (Wildman–Crippen LogP) is 3.20. The van der Waals surface area contributed by atoms with Crippen LogP contribution >= 0.6 is 11.3 Å². The van der Waals surface area contributed by atoms with Crippen LogP contribution < -0.4 is 10.1 Å². The minimum absolute atomic E-state index is 0.198. The first kappa shape index (κ1) is 20.9. The lowest BCUT2D eigenvalue weighted by molar-refractivity contribution is 0.102. The van der Waals surface area contributed by atoms with Gasteiger partial charge in [-0.2, -0.15) is 5.10 Å². The van der Waals surface area contributed by atoms with Crippen LogP contribution in [0.15, 0.2) is 36.0 Å². The number of ether oxygens (including phenoxy) is 1. The van der Waals surface area contributed by atoms with Crippen LogP contribution in [0.1, 0.15) is 21.1 Å². The lowest BCUT2D eigenvalue weighted by Gasteiger charge is -2.11. The molecule has 2 N–H and O–H groups in total. The van der Waals surface area contributed by atoms with E-state index >= 15 is 0 Å². The molecule has 31 heavy (non-hydrogen) atoms. The van der Waals surface area contributed by atoms with Gasteiger partial charge in [0, 0.05) is 34.3 Å². The molecule has 4 aromatic rings. The van der Waals surface area contributed by atoms with Crippen molar-refractivity contribution in [1.82, 2.24) is 20.2 Å². The first-order valence-electron chi connectivity index (χ1n) is 9.15. The lowest BCUT2D eigenvalue weighted by Crippen LogP contribution is -2.12. The summed E-state index contributed by atoms with van der Waals surface area (Å²) in [4.78, 5) is 21.1.